The Hall–Kier alpha value is -0.330. The highest BCUT2D eigenvalue weighted by Crippen LogP contribution is 2.26. The molecule has 0 saturated heterocycles. The van der Waals surface area contributed by atoms with Gasteiger partial charge in [-0.15, -0.1) is 0 Å². The predicted octanol–water partition coefficient (Wildman–Crippen LogP) is 2.97. The van der Waals surface area contributed by atoms with Gasteiger partial charge in [0.05, 0.1) is 5.25 Å². The van der Waals surface area contributed by atoms with Gasteiger partial charge in [-0.25, -0.2) is 13.1 Å². The summed E-state index contributed by atoms with van der Waals surface area (Å²) in [6.07, 6.45) is 0. The van der Waals surface area contributed by atoms with Gasteiger partial charge in [0.1, 0.15) is 0 Å². The molecule has 0 bridgehead atoms. The van der Waals surface area contributed by atoms with Crippen molar-refractivity contribution in [2.45, 2.75) is 32.1 Å². The van der Waals surface area contributed by atoms with E-state index in [9.17, 15) is 8.42 Å². The Kier molecular flexibility index (Phi) is 6.75. The Labute approximate surface area is 130 Å². The molecule has 0 saturated carbocycles. The Morgan fingerprint density at radius 2 is 1.90 bits per heavy atom. The molecule has 1 aromatic rings. The largest absolute Gasteiger partial charge is 0.316 e. The van der Waals surface area contributed by atoms with Crippen molar-refractivity contribution in [1.82, 2.24) is 10.0 Å². The minimum Gasteiger partial charge on any atom is -0.316 e. The highest BCUT2D eigenvalue weighted by atomic mass is 35.5. The van der Waals surface area contributed by atoms with Crippen LogP contribution < -0.4 is 10.0 Å². The van der Waals surface area contributed by atoms with Crippen LogP contribution in [0.15, 0.2) is 18.2 Å². The SMILES string of the molecule is CCNCC(C)S(=O)(=O)NC(C)c1ccc(Cl)cc1Cl. The molecule has 0 heterocycles. The predicted molar refractivity (Wildman–Crippen MR) is 84.9 cm³/mol. The van der Waals surface area contributed by atoms with Gasteiger partial charge in [-0.2, -0.15) is 0 Å². The summed E-state index contributed by atoms with van der Waals surface area (Å²) in [4.78, 5) is 0. The third-order valence-corrected chi connectivity index (χ3v) is 5.45. The lowest BCUT2D eigenvalue weighted by Crippen LogP contribution is -2.40. The van der Waals surface area contributed by atoms with Crippen molar-refractivity contribution in [2.24, 2.45) is 0 Å². The average Bonchev–Trinajstić information content (AvgIpc) is 2.34. The molecule has 0 aliphatic rings. The molecular formula is C13H20Cl2N2O2S. The van der Waals surface area contributed by atoms with Crippen LogP contribution in [0, 0.1) is 0 Å². The topological polar surface area (TPSA) is 58.2 Å². The van der Waals surface area contributed by atoms with E-state index in [0.29, 0.717) is 22.2 Å². The first kappa shape index (κ1) is 17.7. The average molecular weight is 339 g/mol. The van der Waals surface area contributed by atoms with Crippen LogP contribution >= 0.6 is 23.2 Å². The van der Waals surface area contributed by atoms with Crippen molar-refractivity contribution in [1.29, 1.82) is 0 Å². The zero-order valence-electron chi connectivity index (χ0n) is 11.8. The second kappa shape index (κ2) is 7.61. The number of hydrogen-bond donors (Lipinski definition) is 2. The smallest absolute Gasteiger partial charge is 0.216 e. The number of rotatable bonds is 7. The first-order valence-corrected chi connectivity index (χ1v) is 8.75. The van der Waals surface area contributed by atoms with Crippen LogP contribution in [0.25, 0.3) is 0 Å². The molecule has 4 nitrogen and oxygen atoms in total. The standard InChI is InChI=1S/C13H20Cl2N2O2S/c1-4-16-8-9(2)20(18,19)17-10(3)12-6-5-11(14)7-13(12)15/h5-7,9-10,16-17H,4,8H2,1-3H3. The van der Waals surface area contributed by atoms with E-state index in [1.54, 1.807) is 32.0 Å². The normalized spacial score (nSPS) is 15.1. The summed E-state index contributed by atoms with van der Waals surface area (Å²) >= 11 is 11.9. The van der Waals surface area contributed by atoms with Crippen LogP contribution in [-0.2, 0) is 10.0 Å². The van der Waals surface area contributed by atoms with Crippen molar-refractivity contribution in [3.63, 3.8) is 0 Å². The lowest BCUT2D eigenvalue weighted by Gasteiger charge is -2.20. The molecule has 0 spiro atoms. The molecule has 1 aromatic carbocycles. The summed E-state index contributed by atoms with van der Waals surface area (Å²) in [5, 5.41) is 3.48. The lowest BCUT2D eigenvalue weighted by molar-refractivity contribution is 0.547. The minimum atomic E-state index is -3.41. The van der Waals surface area contributed by atoms with Crippen LogP contribution in [0.4, 0.5) is 0 Å². The first-order chi connectivity index (χ1) is 9.27. The number of nitrogens with one attached hydrogen (secondary N) is 2. The molecule has 2 N–H and O–H groups in total. The Morgan fingerprint density at radius 1 is 1.25 bits per heavy atom. The fraction of sp³-hybridized carbons (Fsp3) is 0.538. The van der Waals surface area contributed by atoms with Gasteiger partial charge < -0.3 is 5.32 Å². The van der Waals surface area contributed by atoms with Crippen molar-refractivity contribution >= 4 is 33.2 Å². The van der Waals surface area contributed by atoms with E-state index >= 15 is 0 Å². The van der Waals surface area contributed by atoms with Crippen molar-refractivity contribution in [2.75, 3.05) is 13.1 Å². The van der Waals surface area contributed by atoms with Gasteiger partial charge in [0.15, 0.2) is 0 Å². The van der Waals surface area contributed by atoms with Gasteiger partial charge in [0, 0.05) is 22.6 Å². The maximum absolute atomic E-state index is 12.2. The van der Waals surface area contributed by atoms with Gasteiger partial charge in [-0.1, -0.05) is 36.2 Å². The van der Waals surface area contributed by atoms with E-state index in [2.05, 4.69) is 10.0 Å². The lowest BCUT2D eigenvalue weighted by atomic mass is 10.1. The molecule has 1 rings (SSSR count). The molecule has 7 heteroatoms. The van der Waals surface area contributed by atoms with Crippen LogP contribution in [-0.4, -0.2) is 26.8 Å². The monoisotopic (exact) mass is 338 g/mol. The van der Waals surface area contributed by atoms with Gasteiger partial charge in [-0.3, -0.25) is 0 Å². The molecule has 20 heavy (non-hydrogen) atoms. The molecule has 0 fully saturated rings. The number of sulfonamides is 1. The van der Waals surface area contributed by atoms with E-state index in [-0.39, 0.29) is 0 Å². The number of hydrogen-bond acceptors (Lipinski definition) is 3. The second-order valence-electron chi connectivity index (χ2n) is 4.67. The Morgan fingerprint density at radius 3 is 2.45 bits per heavy atom. The third-order valence-electron chi connectivity index (χ3n) is 2.98. The Balaban J connectivity index is 2.81. The molecule has 0 aliphatic heterocycles. The third kappa shape index (κ3) is 4.90. The van der Waals surface area contributed by atoms with Gasteiger partial charge in [-0.05, 0) is 38.1 Å². The van der Waals surface area contributed by atoms with Gasteiger partial charge in [0.25, 0.3) is 0 Å². The molecule has 2 unspecified atom stereocenters. The fourth-order valence-corrected chi connectivity index (χ4v) is 3.50. The molecular weight excluding hydrogens is 319 g/mol. The van der Waals surface area contributed by atoms with E-state index in [4.69, 9.17) is 23.2 Å². The van der Waals surface area contributed by atoms with Gasteiger partial charge in [0.2, 0.25) is 10.0 Å². The van der Waals surface area contributed by atoms with Crippen molar-refractivity contribution in [3.05, 3.63) is 33.8 Å². The zero-order chi connectivity index (χ0) is 15.3. The first-order valence-electron chi connectivity index (χ1n) is 6.44. The minimum absolute atomic E-state index is 0.408. The quantitative estimate of drug-likeness (QED) is 0.803. The Bertz CT molecular complexity index is 549. The van der Waals surface area contributed by atoms with E-state index < -0.39 is 21.3 Å². The number of halogens is 2. The second-order valence-corrected chi connectivity index (χ2v) is 7.64. The molecule has 0 aromatic heterocycles. The fourth-order valence-electron chi connectivity index (χ4n) is 1.74. The molecule has 2 atom stereocenters. The zero-order valence-corrected chi connectivity index (χ0v) is 14.1. The summed E-state index contributed by atoms with van der Waals surface area (Å²) in [5.74, 6) is 0. The van der Waals surface area contributed by atoms with Crippen molar-refractivity contribution < 1.29 is 8.42 Å². The van der Waals surface area contributed by atoms with Gasteiger partial charge >= 0.3 is 0 Å². The maximum Gasteiger partial charge on any atom is 0.216 e. The maximum atomic E-state index is 12.2. The molecule has 114 valence electrons. The molecule has 0 aliphatic carbocycles. The number of benzene rings is 1. The summed E-state index contributed by atoms with van der Waals surface area (Å²) in [6, 6.07) is 4.61. The van der Waals surface area contributed by atoms with E-state index in [1.165, 1.54) is 0 Å². The summed E-state index contributed by atoms with van der Waals surface area (Å²) in [7, 11) is -3.41. The summed E-state index contributed by atoms with van der Waals surface area (Å²) in [6.45, 7) is 6.50. The molecule has 0 amide bonds. The van der Waals surface area contributed by atoms with E-state index in [0.717, 1.165) is 6.54 Å². The highest BCUT2D eigenvalue weighted by molar-refractivity contribution is 7.90. The van der Waals surface area contributed by atoms with E-state index in [1.807, 2.05) is 6.92 Å². The summed E-state index contributed by atoms with van der Waals surface area (Å²) in [5.41, 5.74) is 0.704. The van der Waals surface area contributed by atoms with Crippen molar-refractivity contribution in [3.8, 4) is 0 Å². The highest BCUT2D eigenvalue weighted by Gasteiger charge is 2.23. The van der Waals surface area contributed by atoms with Crippen LogP contribution in [0.1, 0.15) is 32.4 Å². The van der Waals surface area contributed by atoms with Crippen LogP contribution in [0.5, 0.6) is 0 Å². The summed E-state index contributed by atoms with van der Waals surface area (Å²) < 4.78 is 27.0. The van der Waals surface area contributed by atoms with Crippen LogP contribution in [0.2, 0.25) is 10.0 Å². The molecule has 0 radical (unpaired) electrons. The van der Waals surface area contributed by atoms with Crippen LogP contribution in [0.3, 0.4) is 0 Å².